The first kappa shape index (κ1) is 14.8. The predicted molar refractivity (Wildman–Crippen MR) is 81.7 cm³/mol. The molecule has 2 aromatic rings. The van der Waals surface area contributed by atoms with E-state index in [9.17, 15) is 4.79 Å². The predicted octanol–water partition coefficient (Wildman–Crippen LogP) is 3.53. The van der Waals surface area contributed by atoms with E-state index in [0.717, 1.165) is 0 Å². The summed E-state index contributed by atoms with van der Waals surface area (Å²) in [6.07, 6.45) is 0. The number of esters is 1. The molecule has 0 N–H and O–H groups in total. The number of hydrogen-bond donors (Lipinski definition) is 0. The highest BCUT2D eigenvalue weighted by Gasteiger charge is 2.19. The number of benzene rings is 1. The molecule has 4 nitrogen and oxygen atoms in total. The lowest BCUT2D eigenvalue weighted by Crippen LogP contribution is -2.15. The number of halogens is 1. The second kappa shape index (κ2) is 6.24. The second-order valence-electron chi connectivity index (χ2n) is 4.45. The third-order valence-corrected chi connectivity index (χ3v) is 4.35. The van der Waals surface area contributed by atoms with Gasteiger partial charge >= 0.3 is 5.97 Å². The molecule has 0 bridgehead atoms. The van der Waals surface area contributed by atoms with Crippen LogP contribution in [0.15, 0.2) is 24.3 Å². The molecular formula is C14H15ClN2O2S. The van der Waals surface area contributed by atoms with Crippen molar-refractivity contribution in [2.24, 2.45) is 0 Å². The van der Waals surface area contributed by atoms with Gasteiger partial charge in [0.1, 0.15) is 0 Å². The summed E-state index contributed by atoms with van der Waals surface area (Å²) < 4.78 is 4.67. The molecule has 2 rings (SSSR count). The molecule has 0 aliphatic rings. The van der Waals surface area contributed by atoms with E-state index in [4.69, 9.17) is 11.6 Å². The summed E-state index contributed by atoms with van der Waals surface area (Å²) in [5.41, 5.74) is 2.39. The maximum absolute atomic E-state index is 11.5. The Morgan fingerprint density at radius 3 is 2.65 bits per heavy atom. The lowest BCUT2D eigenvalue weighted by atomic mass is 10.1. The minimum absolute atomic E-state index is 0.188. The number of rotatable bonds is 4. The van der Waals surface area contributed by atoms with Gasteiger partial charge in [-0.2, -0.15) is 0 Å². The van der Waals surface area contributed by atoms with Crippen LogP contribution >= 0.6 is 22.9 Å². The SMILES string of the molecule is COC(=O)c1sc(N(C)Cc2ccc(C)cc2)nc1Cl. The average molecular weight is 311 g/mol. The van der Waals surface area contributed by atoms with Crippen molar-refractivity contribution in [2.45, 2.75) is 13.5 Å². The maximum atomic E-state index is 11.5. The van der Waals surface area contributed by atoms with E-state index >= 15 is 0 Å². The molecule has 106 valence electrons. The molecule has 6 heteroatoms. The van der Waals surface area contributed by atoms with Crippen molar-refractivity contribution in [3.63, 3.8) is 0 Å². The van der Waals surface area contributed by atoms with Crippen LogP contribution in [0.2, 0.25) is 5.15 Å². The van der Waals surface area contributed by atoms with Crippen LogP contribution in [0.3, 0.4) is 0 Å². The van der Waals surface area contributed by atoms with Gasteiger partial charge in [0.2, 0.25) is 0 Å². The largest absolute Gasteiger partial charge is 0.465 e. The van der Waals surface area contributed by atoms with Gasteiger partial charge in [0, 0.05) is 13.6 Å². The number of methoxy groups -OCH3 is 1. The number of aromatic nitrogens is 1. The van der Waals surface area contributed by atoms with Crippen LogP contribution in [0.5, 0.6) is 0 Å². The zero-order valence-corrected chi connectivity index (χ0v) is 13.1. The lowest BCUT2D eigenvalue weighted by Gasteiger charge is -2.15. The molecule has 0 spiro atoms. The van der Waals surface area contributed by atoms with Gasteiger partial charge in [-0.15, -0.1) is 0 Å². The molecule has 0 saturated carbocycles. The van der Waals surface area contributed by atoms with E-state index in [1.54, 1.807) is 0 Å². The van der Waals surface area contributed by atoms with E-state index in [2.05, 4.69) is 40.9 Å². The van der Waals surface area contributed by atoms with E-state index < -0.39 is 5.97 Å². The molecule has 1 heterocycles. The van der Waals surface area contributed by atoms with Crippen LogP contribution in [0.1, 0.15) is 20.8 Å². The Kier molecular flexibility index (Phi) is 4.62. The highest BCUT2D eigenvalue weighted by atomic mass is 35.5. The van der Waals surface area contributed by atoms with E-state index in [1.807, 2.05) is 11.9 Å². The average Bonchev–Trinajstić information content (AvgIpc) is 2.82. The number of hydrogen-bond acceptors (Lipinski definition) is 5. The molecule has 0 saturated heterocycles. The van der Waals surface area contributed by atoms with Crippen molar-refractivity contribution < 1.29 is 9.53 Å². The zero-order chi connectivity index (χ0) is 14.7. The molecule has 0 unspecified atom stereocenters. The first-order valence-corrected chi connectivity index (χ1v) is 7.22. The Morgan fingerprint density at radius 1 is 1.40 bits per heavy atom. The van der Waals surface area contributed by atoms with E-state index in [1.165, 1.54) is 29.6 Å². The van der Waals surface area contributed by atoms with Crippen LogP contribution in [-0.4, -0.2) is 25.1 Å². The van der Waals surface area contributed by atoms with Crippen LogP contribution in [0, 0.1) is 6.92 Å². The summed E-state index contributed by atoms with van der Waals surface area (Å²) in [5, 5.41) is 0.878. The normalized spacial score (nSPS) is 10.4. The van der Waals surface area contributed by atoms with Gasteiger partial charge in [-0.25, -0.2) is 9.78 Å². The van der Waals surface area contributed by atoms with Crippen molar-refractivity contribution in [1.82, 2.24) is 4.98 Å². The quantitative estimate of drug-likeness (QED) is 0.810. The maximum Gasteiger partial charge on any atom is 0.351 e. The first-order chi connectivity index (χ1) is 9.51. The Hall–Kier alpha value is -1.59. The molecule has 0 aliphatic carbocycles. The molecule has 1 aromatic heterocycles. The summed E-state index contributed by atoms with van der Waals surface area (Å²) in [6, 6.07) is 8.28. The van der Waals surface area contributed by atoms with Crippen molar-refractivity contribution in [3.05, 3.63) is 45.4 Å². The second-order valence-corrected chi connectivity index (χ2v) is 5.79. The molecule has 1 aromatic carbocycles. The number of aryl methyl sites for hydroxylation is 1. The summed E-state index contributed by atoms with van der Waals surface area (Å²) in [5.74, 6) is -0.456. The van der Waals surface area contributed by atoms with Gasteiger partial charge in [0.05, 0.1) is 7.11 Å². The molecule has 0 aliphatic heterocycles. The van der Waals surface area contributed by atoms with Crippen LogP contribution in [0.25, 0.3) is 0 Å². The number of carbonyl (C=O) groups excluding carboxylic acids is 1. The van der Waals surface area contributed by atoms with E-state index in [0.29, 0.717) is 16.6 Å². The number of nitrogens with zero attached hydrogens (tertiary/aromatic N) is 2. The fourth-order valence-electron chi connectivity index (χ4n) is 1.71. The molecule has 0 amide bonds. The zero-order valence-electron chi connectivity index (χ0n) is 11.5. The molecule has 20 heavy (non-hydrogen) atoms. The van der Waals surface area contributed by atoms with Crippen LogP contribution < -0.4 is 4.90 Å². The third-order valence-electron chi connectivity index (χ3n) is 2.81. The van der Waals surface area contributed by atoms with Crippen molar-refractivity contribution in [1.29, 1.82) is 0 Å². The number of anilines is 1. The molecular weight excluding hydrogens is 296 g/mol. The Balaban J connectivity index is 2.15. The van der Waals surface area contributed by atoms with Crippen LogP contribution in [-0.2, 0) is 11.3 Å². The number of thiazole rings is 1. The van der Waals surface area contributed by atoms with Crippen molar-refractivity contribution in [3.8, 4) is 0 Å². The Labute approximate surface area is 127 Å². The highest BCUT2D eigenvalue weighted by Crippen LogP contribution is 2.30. The van der Waals surface area contributed by atoms with E-state index in [-0.39, 0.29) is 5.15 Å². The van der Waals surface area contributed by atoms with Gasteiger partial charge < -0.3 is 9.64 Å². The fourth-order valence-corrected chi connectivity index (χ4v) is 2.87. The summed E-state index contributed by atoms with van der Waals surface area (Å²) in [4.78, 5) is 18.0. The minimum Gasteiger partial charge on any atom is -0.465 e. The van der Waals surface area contributed by atoms with Crippen molar-refractivity contribution in [2.75, 3.05) is 19.1 Å². The monoisotopic (exact) mass is 310 g/mol. The molecule has 0 radical (unpaired) electrons. The Morgan fingerprint density at radius 2 is 2.05 bits per heavy atom. The van der Waals surface area contributed by atoms with Gasteiger partial charge in [0.25, 0.3) is 0 Å². The number of carbonyl (C=O) groups is 1. The molecule has 0 atom stereocenters. The van der Waals surface area contributed by atoms with Gasteiger partial charge in [0.15, 0.2) is 15.2 Å². The lowest BCUT2D eigenvalue weighted by molar-refractivity contribution is 0.0606. The van der Waals surface area contributed by atoms with Crippen LogP contribution in [0.4, 0.5) is 5.13 Å². The standard InChI is InChI=1S/C14H15ClN2O2S/c1-9-4-6-10(7-5-9)8-17(2)14-16-12(15)11(20-14)13(18)19-3/h4-7H,8H2,1-3H3. The van der Waals surface area contributed by atoms with Crippen molar-refractivity contribution >= 4 is 34.0 Å². The molecule has 0 fully saturated rings. The smallest absolute Gasteiger partial charge is 0.351 e. The van der Waals surface area contributed by atoms with Gasteiger partial charge in [-0.1, -0.05) is 52.8 Å². The summed E-state index contributed by atoms with van der Waals surface area (Å²) in [7, 11) is 3.24. The van der Waals surface area contributed by atoms with Gasteiger partial charge in [-0.3, -0.25) is 0 Å². The Bertz CT molecular complexity index is 610. The summed E-state index contributed by atoms with van der Waals surface area (Å²) >= 11 is 7.19. The van der Waals surface area contributed by atoms with Gasteiger partial charge in [-0.05, 0) is 12.5 Å². The minimum atomic E-state index is -0.456. The number of ether oxygens (including phenoxy) is 1. The fraction of sp³-hybridized carbons (Fsp3) is 0.286. The third kappa shape index (κ3) is 3.29. The summed E-state index contributed by atoms with van der Waals surface area (Å²) in [6.45, 7) is 2.75. The topological polar surface area (TPSA) is 42.4 Å². The first-order valence-electron chi connectivity index (χ1n) is 6.02. The highest BCUT2D eigenvalue weighted by molar-refractivity contribution is 7.18.